The van der Waals surface area contributed by atoms with E-state index >= 15 is 0 Å². The molecule has 1 aliphatic rings. The van der Waals surface area contributed by atoms with Gasteiger partial charge in [0.2, 0.25) is 0 Å². The Balaban J connectivity index is 3.67. The van der Waals surface area contributed by atoms with Crippen LogP contribution in [0.4, 0.5) is 0 Å². The fourth-order valence-corrected chi connectivity index (χ4v) is 4.55. The first-order valence-electron chi connectivity index (χ1n) is 14.1. The van der Waals surface area contributed by atoms with E-state index in [4.69, 9.17) is 23.7 Å². The molecule has 0 saturated heterocycles. The zero-order valence-corrected chi connectivity index (χ0v) is 26.1. The molecule has 0 amide bonds. The van der Waals surface area contributed by atoms with Crippen molar-refractivity contribution in [3.8, 4) is 0 Å². The van der Waals surface area contributed by atoms with Gasteiger partial charge in [-0.1, -0.05) is 30.2 Å². The number of hydrogen-bond acceptors (Lipinski definition) is 11. The van der Waals surface area contributed by atoms with Crippen LogP contribution in [0.2, 0.25) is 0 Å². The van der Waals surface area contributed by atoms with Crippen molar-refractivity contribution in [1.29, 1.82) is 0 Å². The number of aliphatic hydroxyl groups excluding tert-OH is 1. The molecule has 0 heterocycles. The maximum atomic E-state index is 13.6. The van der Waals surface area contributed by atoms with Crippen LogP contribution in [0.1, 0.15) is 75.2 Å². The lowest BCUT2D eigenvalue weighted by Crippen LogP contribution is -2.50. The molecule has 0 aromatic heterocycles. The second-order valence-electron chi connectivity index (χ2n) is 11.1. The molecular weight excluding hydrogens is 548 g/mol. The lowest BCUT2D eigenvalue weighted by molar-refractivity contribution is -0.183. The first kappa shape index (κ1) is 36.6. The molecule has 0 spiro atoms. The van der Waals surface area contributed by atoms with Crippen LogP contribution in [-0.2, 0) is 47.7 Å². The smallest absolute Gasteiger partial charge is 0.330 e. The molecule has 236 valence electrons. The third-order valence-electron chi connectivity index (χ3n) is 6.84. The van der Waals surface area contributed by atoms with Gasteiger partial charge < -0.3 is 28.8 Å². The molecule has 1 N–H and O–H groups in total. The largest absolute Gasteiger partial charge is 0.466 e. The van der Waals surface area contributed by atoms with Crippen LogP contribution in [0.15, 0.2) is 34.9 Å². The van der Waals surface area contributed by atoms with Gasteiger partial charge in [0.1, 0.15) is 18.8 Å². The highest BCUT2D eigenvalue weighted by Gasteiger charge is 2.45. The van der Waals surface area contributed by atoms with Crippen LogP contribution in [-0.4, -0.2) is 72.6 Å². The van der Waals surface area contributed by atoms with E-state index in [2.05, 4.69) is 0 Å². The zero-order valence-electron chi connectivity index (χ0n) is 26.1. The number of rotatable bonds is 11. The summed E-state index contributed by atoms with van der Waals surface area (Å²) in [5, 5.41) is 11.5. The summed E-state index contributed by atoms with van der Waals surface area (Å²) in [4.78, 5) is 61.4. The summed E-state index contributed by atoms with van der Waals surface area (Å²) in [6.07, 6.45) is 0.938. The molecular formula is C31H46O11. The molecule has 0 fully saturated rings. The van der Waals surface area contributed by atoms with Gasteiger partial charge in [0, 0.05) is 38.3 Å². The zero-order chi connectivity index (χ0) is 32.1. The molecule has 0 aromatic rings. The second-order valence-corrected chi connectivity index (χ2v) is 11.1. The van der Waals surface area contributed by atoms with E-state index in [9.17, 15) is 29.1 Å². The van der Waals surface area contributed by atoms with Crippen LogP contribution in [0, 0.1) is 17.8 Å². The Kier molecular flexibility index (Phi) is 15.2. The molecule has 0 aliphatic heterocycles. The number of esters is 5. The number of carbonyl (C=O) groups excluding carboxylic acids is 5. The van der Waals surface area contributed by atoms with Crippen molar-refractivity contribution < 1.29 is 52.8 Å². The lowest BCUT2D eigenvalue weighted by Gasteiger charge is -2.40. The standard InChI is InChI=1S/C31H46O11/c1-17(2)13-27(36)40-21(6)20(5)31(37)42-30-28(19(4)15-38-22(7)32)26(35)14-18(3)11-10-12-25(16-39-23(8)33)29(30)41-24(9)34/h11-13,19-21,26,28-30,35H,10,14-16H2,1-9H3/b18-11-,25-12+. The summed E-state index contributed by atoms with van der Waals surface area (Å²) in [6, 6.07) is 0. The molecule has 0 radical (unpaired) electrons. The summed E-state index contributed by atoms with van der Waals surface area (Å²) in [7, 11) is 0. The Morgan fingerprint density at radius 2 is 1.55 bits per heavy atom. The van der Waals surface area contributed by atoms with Crippen LogP contribution in [0.25, 0.3) is 0 Å². The normalized spacial score (nSPS) is 25.5. The van der Waals surface area contributed by atoms with Gasteiger partial charge in [-0.3, -0.25) is 19.2 Å². The van der Waals surface area contributed by atoms with Crippen molar-refractivity contribution in [3.63, 3.8) is 0 Å². The van der Waals surface area contributed by atoms with E-state index in [0.717, 1.165) is 11.1 Å². The summed E-state index contributed by atoms with van der Waals surface area (Å²) in [5.74, 6) is -5.63. The monoisotopic (exact) mass is 594 g/mol. The molecule has 11 nitrogen and oxygen atoms in total. The molecule has 1 aliphatic carbocycles. The average Bonchev–Trinajstić information content (AvgIpc) is 2.85. The van der Waals surface area contributed by atoms with Crippen LogP contribution in [0.3, 0.4) is 0 Å². The van der Waals surface area contributed by atoms with Crippen molar-refractivity contribution in [2.24, 2.45) is 17.8 Å². The Morgan fingerprint density at radius 1 is 0.929 bits per heavy atom. The fraction of sp³-hybridized carbons (Fsp3) is 0.645. The number of hydrogen-bond donors (Lipinski definition) is 1. The maximum absolute atomic E-state index is 13.6. The molecule has 11 heteroatoms. The molecule has 7 atom stereocenters. The van der Waals surface area contributed by atoms with E-state index in [1.807, 2.05) is 13.0 Å². The summed E-state index contributed by atoms with van der Waals surface area (Å²) >= 11 is 0. The van der Waals surface area contributed by atoms with E-state index in [1.165, 1.54) is 33.8 Å². The third-order valence-corrected chi connectivity index (χ3v) is 6.84. The summed E-state index contributed by atoms with van der Waals surface area (Å²) in [6.45, 7) is 13.4. The summed E-state index contributed by atoms with van der Waals surface area (Å²) < 4.78 is 27.6. The van der Waals surface area contributed by atoms with E-state index < -0.39 is 72.0 Å². The Morgan fingerprint density at radius 3 is 2.10 bits per heavy atom. The van der Waals surface area contributed by atoms with Gasteiger partial charge in [-0.2, -0.15) is 0 Å². The number of ether oxygens (including phenoxy) is 5. The predicted octanol–water partition coefficient (Wildman–Crippen LogP) is 3.77. The molecule has 1 rings (SSSR count). The van der Waals surface area contributed by atoms with Crippen molar-refractivity contribution in [3.05, 3.63) is 34.9 Å². The van der Waals surface area contributed by atoms with E-state index in [0.29, 0.717) is 12.0 Å². The Labute approximate surface area is 248 Å². The molecule has 42 heavy (non-hydrogen) atoms. The number of allylic oxidation sites excluding steroid dienone is 3. The predicted molar refractivity (Wildman–Crippen MR) is 153 cm³/mol. The Hall–Kier alpha value is -3.47. The minimum atomic E-state index is -1.29. The molecule has 0 aromatic carbocycles. The Bertz CT molecular complexity index is 1070. The van der Waals surface area contributed by atoms with Gasteiger partial charge in [0.15, 0.2) is 6.10 Å². The average molecular weight is 595 g/mol. The van der Waals surface area contributed by atoms with Crippen LogP contribution in [0.5, 0.6) is 0 Å². The maximum Gasteiger partial charge on any atom is 0.330 e. The van der Waals surface area contributed by atoms with Crippen molar-refractivity contribution in [2.45, 2.75) is 99.6 Å². The third kappa shape index (κ3) is 12.6. The topological polar surface area (TPSA) is 152 Å². The van der Waals surface area contributed by atoms with Gasteiger partial charge in [-0.15, -0.1) is 0 Å². The van der Waals surface area contributed by atoms with Gasteiger partial charge in [-0.25, -0.2) is 4.79 Å². The van der Waals surface area contributed by atoms with E-state index in [1.54, 1.807) is 33.8 Å². The van der Waals surface area contributed by atoms with Gasteiger partial charge in [-0.05, 0) is 53.4 Å². The quantitative estimate of drug-likeness (QED) is 0.161. The van der Waals surface area contributed by atoms with E-state index in [-0.39, 0.29) is 19.6 Å². The lowest BCUT2D eigenvalue weighted by atomic mass is 9.78. The van der Waals surface area contributed by atoms with Crippen LogP contribution < -0.4 is 0 Å². The van der Waals surface area contributed by atoms with Gasteiger partial charge in [0.25, 0.3) is 0 Å². The van der Waals surface area contributed by atoms with Crippen molar-refractivity contribution >= 4 is 29.8 Å². The first-order chi connectivity index (χ1) is 19.5. The fourth-order valence-electron chi connectivity index (χ4n) is 4.55. The highest BCUT2D eigenvalue weighted by atomic mass is 16.6. The molecule has 0 bridgehead atoms. The van der Waals surface area contributed by atoms with Crippen molar-refractivity contribution in [2.75, 3.05) is 13.2 Å². The number of carbonyl (C=O) groups is 5. The van der Waals surface area contributed by atoms with Crippen molar-refractivity contribution in [1.82, 2.24) is 0 Å². The minimum absolute atomic E-state index is 0.115. The molecule has 0 saturated carbocycles. The highest BCUT2D eigenvalue weighted by Crippen LogP contribution is 2.34. The minimum Gasteiger partial charge on any atom is -0.466 e. The summed E-state index contributed by atoms with van der Waals surface area (Å²) in [5.41, 5.74) is 1.92. The van der Waals surface area contributed by atoms with Gasteiger partial charge >= 0.3 is 29.8 Å². The number of aliphatic hydroxyl groups is 1. The highest BCUT2D eigenvalue weighted by molar-refractivity contribution is 5.83. The molecule has 7 unspecified atom stereocenters. The second kappa shape index (κ2) is 17.5. The van der Waals surface area contributed by atoms with Crippen LogP contribution >= 0.6 is 0 Å². The first-order valence-corrected chi connectivity index (χ1v) is 14.1. The SMILES string of the molecule is CC(=O)OC/C1=C\C/C=C(/C)CC(O)C(C(C)COC(C)=O)C(OC(=O)C(C)C(C)OC(=O)C=C(C)C)C1OC(C)=O. The van der Waals surface area contributed by atoms with Gasteiger partial charge in [0.05, 0.1) is 18.6 Å².